The number of nitrogens with zero attached hydrogens (tertiary/aromatic N) is 1. The minimum atomic E-state index is 1.17. The molecule has 0 radical (unpaired) electrons. The van der Waals surface area contributed by atoms with E-state index in [1.54, 1.807) is 0 Å². The molecule has 0 fully saturated rings. The van der Waals surface area contributed by atoms with Gasteiger partial charge < -0.3 is 4.57 Å². The van der Waals surface area contributed by atoms with E-state index in [1.807, 2.05) is 0 Å². The molecule has 10 rings (SSSR count). The standard InChI is InChI=1S/C46H29N/c1-2-11-30(12-3-1)35-15-4-5-16-37(35)38-26-22-32-23-27-41-36(25-21-31-24-28-42(38)46(32)45(31)41)33-13-10-14-34(29-33)47-43-19-8-6-17-39(43)40-18-7-9-20-44(40)47/h1-29H. The molecule has 0 saturated heterocycles. The number of hydrogen-bond acceptors (Lipinski definition) is 0. The summed E-state index contributed by atoms with van der Waals surface area (Å²) in [5.41, 5.74) is 11.1. The van der Waals surface area contributed by atoms with Crippen molar-refractivity contribution in [3.63, 3.8) is 0 Å². The van der Waals surface area contributed by atoms with E-state index in [4.69, 9.17) is 0 Å². The molecule has 10 aromatic rings. The van der Waals surface area contributed by atoms with Crippen LogP contribution in [0.1, 0.15) is 0 Å². The van der Waals surface area contributed by atoms with Crippen LogP contribution in [-0.2, 0) is 0 Å². The molecular formula is C46H29N. The maximum Gasteiger partial charge on any atom is 0.0541 e. The average Bonchev–Trinajstić information content (AvgIpc) is 3.48. The first kappa shape index (κ1) is 26.1. The predicted molar refractivity (Wildman–Crippen MR) is 201 cm³/mol. The average molecular weight is 596 g/mol. The van der Waals surface area contributed by atoms with Gasteiger partial charge in [0.25, 0.3) is 0 Å². The van der Waals surface area contributed by atoms with E-state index in [-0.39, 0.29) is 0 Å². The molecule has 9 aromatic carbocycles. The van der Waals surface area contributed by atoms with Gasteiger partial charge in [-0.25, -0.2) is 0 Å². The number of aromatic nitrogens is 1. The predicted octanol–water partition coefficient (Wildman–Crippen LogP) is 12.7. The normalized spacial score (nSPS) is 11.8. The van der Waals surface area contributed by atoms with Crippen molar-refractivity contribution in [2.45, 2.75) is 0 Å². The van der Waals surface area contributed by atoms with Gasteiger partial charge in [0.05, 0.1) is 11.0 Å². The Hall–Kier alpha value is -6.18. The van der Waals surface area contributed by atoms with Crippen LogP contribution in [0.5, 0.6) is 0 Å². The summed E-state index contributed by atoms with van der Waals surface area (Å²) >= 11 is 0. The highest BCUT2D eigenvalue weighted by atomic mass is 15.0. The van der Waals surface area contributed by atoms with Gasteiger partial charge in [-0.1, -0.05) is 152 Å². The van der Waals surface area contributed by atoms with Crippen LogP contribution in [0, 0.1) is 0 Å². The van der Waals surface area contributed by atoms with Crippen molar-refractivity contribution in [3.8, 4) is 39.1 Å². The highest BCUT2D eigenvalue weighted by Crippen LogP contribution is 2.44. The molecule has 1 heterocycles. The van der Waals surface area contributed by atoms with Crippen LogP contribution < -0.4 is 0 Å². The Morgan fingerprint density at radius 2 is 0.830 bits per heavy atom. The van der Waals surface area contributed by atoms with Crippen LogP contribution in [0.2, 0.25) is 0 Å². The van der Waals surface area contributed by atoms with Crippen LogP contribution in [0.25, 0.3) is 93.2 Å². The van der Waals surface area contributed by atoms with E-state index in [0.29, 0.717) is 0 Å². The molecule has 218 valence electrons. The lowest BCUT2D eigenvalue weighted by molar-refractivity contribution is 1.18. The van der Waals surface area contributed by atoms with Crippen LogP contribution >= 0.6 is 0 Å². The van der Waals surface area contributed by atoms with Crippen LogP contribution in [0.4, 0.5) is 0 Å². The minimum Gasteiger partial charge on any atom is -0.309 e. The fourth-order valence-electron chi connectivity index (χ4n) is 7.89. The first-order chi connectivity index (χ1) is 23.3. The Labute approximate surface area is 272 Å². The van der Waals surface area contributed by atoms with Crippen molar-refractivity contribution in [1.82, 2.24) is 4.57 Å². The van der Waals surface area contributed by atoms with E-state index < -0.39 is 0 Å². The first-order valence-corrected chi connectivity index (χ1v) is 16.3. The van der Waals surface area contributed by atoms with Gasteiger partial charge in [-0.2, -0.15) is 0 Å². The van der Waals surface area contributed by atoms with Crippen molar-refractivity contribution in [2.24, 2.45) is 0 Å². The van der Waals surface area contributed by atoms with Crippen molar-refractivity contribution in [1.29, 1.82) is 0 Å². The lowest BCUT2D eigenvalue weighted by atomic mass is 9.86. The van der Waals surface area contributed by atoms with Gasteiger partial charge in [0.1, 0.15) is 0 Å². The summed E-state index contributed by atoms with van der Waals surface area (Å²) in [6.07, 6.45) is 0. The minimum absolute atomic E-state index is 1.17. The van der Waals surface area contributed by atoms with E-state index in [2.05, 4.69) is 180 Å². The molecule has 1 heteroatoms. The van der Waals surface area contributed by atoms with Crippen LogP contribution in [-0.4, -0.2) is 4.57 Å². The van der Waals surface area contributed by atoms with Crippen molar-refractivity contribution >= 4 is 54.1 Å². The van der Waals surface area contributed by atoms with E-state index in [9.17, 15) is 0 Å². The SMILES string of the molecule is c1ccc(-c2ccccc2-c2ccc3ccc4c(-c5cccc(-n6c7ccccc7c7ccccc76)c5)ccc5ccc2c3c54)cc1. The number of fused-ring (bicyclic) bond motifs is 3. The fraction of sp³-hybridized carbons (Fsp3) is 0. The molecule has 1 nitrogen and oxygen atoms in total. The van der Waals surface area contributed by atoms with Gasteiger partial charge >= 0.3 is 0 Å². The van der Waals surface area contributed by atoms with E-state index in [1.165, 1.54) is 93.2 Å². The molecule has 0 aliphatic carbocycles. The maximum atomic E-state index is 2.40. The topological polar surface area (TPSA) is 4.93 Å². The van der Waals surface area contributed by atoms with Crippen molar-refractivity contribution < 1.29 is 0 Å². The van der Waals surface area contributed by atoms with Gasteiger partial charge in [-0.05, 0) is 90.0 Å². The molecule has 0 bridgehead atoms. The molecule has 0 aliphatic heterocycles. The molecular weight excluding hydrogens is 567 g/mol. The van der Waals surface area contributed by atoms with Crippen LogP contribution in [0.15, 0.2) is 176 Å². The summed E-state index contributed by atoms with van der Waals surface area (Å²) in [4.78, 5) is 0. The quantitative estimate of drug-likeness (QED) is 0.178. The zero-order chi connectivity index (χ0) is 30.9. The Morgan fingerprint density at radius 3 is 1.53 bits per heavy atom. The third-order valence-corrected chi connectivity index (χ3v) is 9.96. The third-order valence-electron chi connectivity index (χ3n) is 9.96. The second-order valence-electron chi connectivity index (χ2n) is 12.5. The molecule has 0 unspecified atom stereocenters. The molecule has 0 aliphatic rings. The smallest absolute Gasteiger partial charge is 0.0541 e. The Kier molecular flexibility index (Phi) is 5.64. The number of benzene rings is 9. The Morgan fingerprint density at radius 1 is 0.298 bits per heavy atom. The summed E-state index contributed by atoms with van der Waals surface area (Å²) in [5, 5.41) is 10.3. The van der Waals surface area contributed by atoms with Gasteiger partial charge in [0.2, 0.25) is 0 Å². The van der Waals surface area contributed by atoms with Gasteiger partial charge in [-0.15, -0.1) is 0 Å². The summed E-state index contributed by atoms with van der Waals surface area (Å²) in [5.74, 6) is 0. The highest BCUT2D eigenvalue weighted by Gasteiger charge is 2.17. The summed E-state index contributed by atoms with van der Waals surface area (Å²) in [6, 6.07) is 64.5. The van der Waals surface area contributed by atoms with Gasteiger partial charge in [-0.3, -0.25) is 0 Å². The lowest BCUT2D eigenvalue weighted by Crippen LogP contribution is -1.94. The zero-order valence-electron chi connectivity index (χ0n) is 25.7. The maximum absolute atomic E-state index is 2.40. The van der Waals surface area contributed by atoms with Crippen LogP contribution in [0.3, 0.4) is 0 Å². The van der Waals surface area contributed by atoms with Gasteiger partial charge in [0.15, 0.2) is 0 Å². The molecule has 0 N–H and O–H groups in total. The number of hydrogen-bond donors (Lipinski definition) is 0. The number of para-hydroxylation sites is 2. The highest BCUT2D eigenvalue weighted by molar-refractivity contribution is 6.28. The molecule has 47 heavy (non-hydrogen) atoms. The Balaban J connectivity index is 1.20. The summed E-state index contributed by atoms with van der Waals surface area (Å²) < 4.78 is 2.40. The van der Waals surface area contributed by atoms with Crippen molar-refractivity contribution in [2.75, 3.05) is 0 Å². The Bertz CT molecular complexity index is 2730. The van der Waals surface area contributed by atoms with E-state index >= 15 is 0 Å². The summed E-state index contributed by atoms with van der Waals surface area (Å²) in [6.45, 7) is 0. The molecule has 0 saturated carbocycles. The lowest BCUT2D eigenvalue weighted by Gasteiger charge is -2.18. The third kappa shape index (κ3) is 3.90. The van der Waals surface area contributed by atoms with Crippen molar-refractivity contribution in [3.05, 3.63) is 176 Å². The van der Waals surface area contributed by atoms with Gasteiger partial charge in [0, 0.05) is 16.5 Å². The first-order valence-electron chi connectivity index (χ1n) is 16.3. The monoisotopic (exact) mass is 595 g/mol. The zero-order valence-corrected chi connectivity index (χ0v) is 25.7. The second kappa shape index (κ2) is 10.2. The fourth-order valence-corrected chi connectivity index (χ4v) is 7.89. The molecule has 0 atom stereocenters. The largest absolute Gasteiger partial charge is 0.309 e. The second-order valence-corrected chi connectivity index (χ2v) is 12.5. The molecule has 1 aromatic heterocycles. The number of rotatable bonds is 4. The molecule has 0 spiro atoms. The summed E-state index contributed by atoms with van der Waals surface area (Å²) in [7, 11) is 0. The molecule has 0 amide bonds. The van der Waals surface area contributed by atoms with E-state index in [0.717, 1.165) is 0 Å².